The fraction of sp³-hybridized carbons (Fsp3) is 0.467. The highest BCUT2D eigenvalue weighted by atomic mass is 16.3. The summed E-state index contributed by atoms with van der Waals surface area (Å²) in [5.41, 5.74) is 2.13. The fourth-order valence-electron chi connectivity index (χ4n) is 3.47. The SMILES string of the molecule is CC1=C2C(=O)N(C)C(=O)C2CC(c2cc(O)n(C)c2O)C1. The first-order chi connectivity index (χ1) is 9.82. The van der Waals surface area contributed by atoms with Crippen LogP contribution in [0.4, 0.5) is 0 Å². The Balaban J connectivity index is 2.01. The predicted molar refractivity (Wildman–Crippen MR) is 74.7 cm³/mol. The zero-order chi connectivity index (χ0) is 15.5. The molecule has 1 saturated heterocycles. The van der Waals surface area contributed by atoms with Gasteiger partial charge in [-0.05, 0) is 25.7 Å². The lowest BCUT2D eigenvalue weighted by Crippen LogP contribution is -2.26. The molecular formula is C15H18N2O4. The van der Waals surface area contributed by atoms with Gasteiger partial charge in [-0.25, -0.2) is 0 Å². The minimum absolute atomic E-state index is 0.0128. The molecule has 1 aromatic rings. The molecule has 2 aliphatic rings. The largest absolute Gasteiger partial charge is 0.494 e. The number of fused-ring (bicyclic) bond motifs is 1. The Hall–Kier alpha value is -2.24. The van der Waals surface area contributed by atoms with Crippen molar-refractivity contribution in [2.75, 3.05) is 7.05 Å². The highest BCUT2D eigenvalue weighted by molar-refractivity contribution is 6.15. The van der Waals surface area contributed by atoms with Crippen LogP contribution in [-0.4, -0.2) is 38.5 Å². The van der Waals surface area contributed by atoms with Gasteiger partial charge in [0.05, 0.1) is 5.92 Å². The van der Waals surface area contributed by atoms with E-state index in [1.165, 1.54) is 22.6 Å². The molecule has 0 aromatic carbocycles. The molecule has 0 saturated carbocycles. The summed E-state index contributed by atoms with van der Waals surface area (Å²) in [6.07, 6.45) is 1.09. The number of hydrogen-bond donors (Lipinski definition) is 2. The second kappa shape index (κ2) is 4.38. The smallest absolute Gasteiger partial charge is 0.256 e. The summed E-state index contributed by atoms with van der Waals surface area (Å²) in [5.74, 6) is -0.892. The molecule has 112 valence electrons. The maximum atomic E-state index is 12.2. The van der Waals surface area contributed by atoms with Gasteiger partial charge in [0.2, 0.25) is 5.91 Å². The second-order valence-corrected chi connectivity index (χ2v) is 5.93. The van der Waals surface area contributed by atoms with E-state index in [1.54, 1.807) is 7.05 Å². The summed E-state index contributed by atoms with van der Waals surface area (Å²) in [5, 5.41) is 19.8. The number of imide groups is 1. The van der Waals surface area contributed by atoms with Crippen LogP contribution < -0.4 is 0 Å². The Morgan fingerprint density at radius 2 is 1.90 bits per heavy atom. The number of likely N-dealkylation sites (N-methyl/N-ethyl adjacent to an activating group) is 1. The first-order valence-corrected chi connectivity index (χ1v) is 6.92. The van der Waals surface area contributed by atoms with Crippen LogP contribution in [0.3, 0.4) is 0 Å². The minimum atomic E-state index is -0.428. The molecule has 1 aromatic heterocycles. The summed E-state index contributed by atoms with van der Waals surface area (Å²) < 4.78 is 1.30. The lowest BCUT2D eigenvalue weighted by atomic mass is 9.76. The summed E-state index contributed by atoms with van der Waals surface area (Å²) in [6.45, 7) is 1.86. The number of hydrogen-bond acceptors (Lipinski definition) is 4. The molecule has 2 atom stereocenters. The van der Waals surface area contributed by atoms with Crippen LogP contribution in [0.2, 0.25) is 0 Å². The molecule has 2 N–H and O–H groups in total. The van der Waals surface area contributed by atoms with Crippen LogP contribution >= 0.6 is 0 Å². The van der Waals surface area contributed by atoms with E-state index in [2.05, 4.69) is 0 Å². The molecule has 21 heavy (non-hydrogen) atoms. The Kier molecular flexibility index (Phi) is 2.86. The topological polar surface area (TPSA) is 82.8 Å². The van der Waals surface area contributed by atoms with Crippen molar-refractivity contribution in [2.45, 2.75) is 25.7 Å². The van der Waals surface area contributed by atoms with E-state index >= 15 is 0 Å². The fourth-order valence-corrected chi connectivity index (χ4v) is 3.47. The van der Waals surface area contributed by atoms with E-state index in [0.717, 1.165) is 5.57 Å². The maximum Gasteiger partial charge on any atom is 0.256 e. The maximum absolute atomic E-state index is 12.2. The molecule has 2 unspecified atom stereocenters. The van der Waals surface area contributed by atoms with Gasteiger partial charge in [-0.3, -0.25) is 19.1 Å². The van der Waals surface area contributed by atoms with Gasteiger partial charge in [-0.1, -0.05) is 5.57 Å². The van der Waals surface area contributed by atoms with Gasteiger partial charge in [0.25, 0.3) is 5.91 Å². The van der Waals surface area contributed by atoms with Crippen LogP contribution in [0.1, 0.15) is 31.2 Å². The van der Waals surface area contributed by atoms with Crippen molar-refractivity contribution in [1.29, 1.82) is 0 Å². The van der Waals surface area contributed by atoms with Crippen molar-refractivity contribution in [2.24, 2.45) is 13.0 Å². The zero-order valence-electron chi connectivity index (χ0n) is 12.3. The summed E-state index contributed by atoms with van der Waals surface area (Å²) in [7, 11) is 3.08. The van der Waals surface area contributed by atoms with Crippen molar-refractivity contribution in [3.8, 4) is 11.8 Å². The molecule has 1 aliphatic carbocycles. The molecule has 2 amide bonds. The minimum Gasteiger partial charge on any atom is -0.494 e. The number of allylic oxidation sites excluding steroid dienone is 1. The van der Waals surface area contributed by atoms with Gasteiger partial charge in [-0.2, -0.15) is 0 Å². The third-order valence-electron chi connectivity index (χ3n) is 4.69. The van der Waals surface area contributed by atoms with Crippen LogP contribution in [-0.2, 0) is 16.6 Å². The molecule has 0 spiro atoms. The van der Waals surface area contributed by atoms with Gasteiger partial charge in [0.15, 0.2) is 11.8 Å². The Morgan fingerprint density at radius 3 is 2.48 bits per heavy atom. The number of amides is 2. The van der Waals surface area contributed by atoms with Crippen molar-refractivity contribution in [3.63, 3.8) is 0 Å². The van der Waals surface area contributed by atoms with Crippen molar-refractivity contribution in [3.05, 3.63) is 22.8 Å². The van der Waals surface area contributed by atoms with Crippen molar-refractivity contribution < 1.29 is 19.8 Å². The van der Waals surface area contributed by atoms with E-state index in [1.807, 2.05) is 6.92 Å². The Morgan fingerprint density at radius 1 is 1.24 bits per heavy atom. The van der Waals surface area contributed by atoms with Crippen molar-refractivity contribution >= 4 is 11.8 Å². The third kappa shape index (κ3) is 1.78. The Labute approximate surface area is 122 Å². The molecule has 1 fully saturated rings. The molecular weight excluding hydrogens is 272 g/mol. The lowest BCUT2D eigenvalue weighted by Gasteiger charge is -2.26. The number of likely N-dealkylation sites (tertiary alicyclic amines) is 1. The third-order valence-corrected chi connectivity index (χ3v) is 4.69. The van der Waals surface area contributed by atoms with E-state index < -0.39 is 5.92 Å². The number of aromatic hydroxyl groups is 2. The Bertz CT molecular complexity index is 686. The quantitative estimate of drug-likeness (QED) is 0.762. The number of aromatic nitrogens is 1. The molecule has 2 heterocycles. The van der Waals surface area contributed by atoms with Crippen LogP contribution in [0.5, 0.6) is 11.8 Å². The first kappa shape index (κ1) is 13.7. The van der Waals surface area contributed by atoms with E-state index in [4.69, 9.17) is 0 Å². The molecule has 6 heteroatoms. The van der Waals surface area contributed by atoms with E-state index in [0.29, 0.717) is 24.0 Å². The van der Waals surface area contributed by atoms with Gasteiger partial charge in [0.1, 0.15) is 0 Å². The average molecular weight is 290 g/mol. The van der Waals surface area contributed by atoms with Crippen LogP contribution in [0.15, 0.2) is 17.2 Å². The van der Waals surface area contributed by atoms with Crippen LogP contribution in [0, 0.1) is 5.92 Å². The molecule has 0 bridgehead atoms. The molecule has 3 rings (SSSR count). The number of rotatable bonds is 1. The molecule has 6 nitrogen and oxygen atoms in total. The van der Waals surface area contributed by atoms with E-state index in [9.17, 15) is 19.8 Å². The molecule has 0 radical (unpaired) electrons. The van der Waals surface area contributed by atoms with Gasteiger partial charge in [0, 0.05) is 31.3 Å². The normalized spacial score (nSPS) is 25.8. The second-order valence-electron chi connectivity index (χ2n) is 5.93. The number of nitrogens with zero attached hydrogens (tertiary/aromatic N) is 2. The van der Waals surface area contributed by atoms with Crippen molar-refractivity contribution in [1.82, 2.24) is 9.47 Å². The first-order valence-electron chi connectivity index (χ1n) is 6.92. The lowest BCUT2D eigenvalue weighted by molar-refractivity contribution is -0.137. The highest BCUT2D eigenvalue weighted by Crippen LogP contribution is 2.46. The van der Waals surface area contributed by atoms with Gasteiger partial charge < -0.3 is 10.2 Å². The predicted octanol–water partition coefficient (Wildman–Crippen LogP) is 1.24. The zero-order valence-corrected chi connectivity index (χ0v) is 12.3. The summed E-state index contributed by atoms with van der Waals surface area (Å²) in [6, 6.07) is 1.53. The number of carbonyl (C=O) groups excluding carboxylic acids is 2. The number of carbonyl (C=O) groups is 2. The summed E-state index contributed by atoms with van der Waals surface area (Å²) in [4.78, 5) is 25.4. The molecule has 1 aliphatic heterocycles. The monoisotopic (exact) mass is 290 g/mol. The van der Waals surface area contributed by atoms with Crippen LogP contribution in [0.25, 0.3) is 0 Å². The van der Waals surface area contributed by atoms with Gasteiger partial charge >= 0.3 is 0 Å². The van der Waals surface area contributed by atoms with E-state index in [-0.39, 0.29) is 29.5 Å². The highest BCUT2D eigenvalue weighted by Gasteiger charge is 2.46. The van der Waals surface area contributed by atoms with Gasteiger partial charge in [-0.15, -0.1) is 0 Å². The summed E-state index contributed by atoms with van der Waals surface area (Å²) >= 11 is 0. The standard InChI is InChI=1S/C15H18N2O4/c1-7-4-8(9-6-11(18)16(2)13(9)19)5-10-12(7)15(21)17(3)14(10)20/h6,8,10,18-19H,4-5H2,1-3H3. The average Bonchev–Trinajstić information content (AvgIpc) is 2.83.